The molecular formula is C9H8OS. The van der Waals surface area contributed by atoms with Gasteiger partial charge in [-0.25, -0.2) is 0 Å². The molecule has 0 radical (unpaired) electrons. The van der Waals surface area contributed by atoms with Crippen molar-refractivity contribution in [2.45, 2.75) is 13.3 Å². The van der Waals surface area contributed by atoms with E-state index in [1.807, 2.05) is 24.4 Å². The number of allylic oxidation sites excluding steroid dienone is 2. The number of fused-ring (bicyclic) bond motifs is 1. The highest BCUT2D eigenvalue weighted by molar-refractivity contribution is 7.12. The second-order valence-electron chi connectivity index (χ2n) is 2.70. The molecule has 0 unspecified atom stereocenters. The average molecular weight is 164 g/mol. The molecule has 56 valence electrons. The fraction of sp³-hybridized carbons (Fsp3) is 0.222. The molecule has 0 spiro atoms. The topological polar surface area (TPSA) is 17.1 Å². The number of thiophene rings is 1. The first-order valence-electron chi connectivity index (χ1n) is 3.57. The zero-order valence-electron chi connectivity index (χ0n) is 6.26. The Bertz CT molecular complexity index is 333. The van der Waals surface area contributed by atoms with Crippen molar-refractivity contribution in [1.29, 1.82) is 0 Å². The van der Waals surface area contributed by atoms with Crippen LogP contribution in [0.4, 0.5) is 0 Å². The highest BCUT2D eigenvalue weighted by Crippen LogP contribution is 2.25. The summed E-state index contributed by atoms with van der Waals surface area (Å²) in [6.45, 7) is 1.88. The molecule has 1 nitrogen and oxygen atoms in total. The summed E-state index contributed by atoms with van der Waals surface area (Å²) in [5.41, 5.74) is 2.07. The van der Waals surface area contributed by atoms with Gasteiger partial charge >= 0.3 is 0 Å². The van der Waals surface area contributed by atoms with E-state index >= 15 is 0 Å². The van der Waals surface area contributed by atoms with E-state index in [1.54, 1.807) is 11.3 Å². The smallest absolute Gasteiger partial charge is 0.198 e. The minimum absolute atomic E-state index is 0.209. The van der Waals surface area contributed by atoms with E-state index in [-0.39, 0.29) is 5.78 Å². The van der Waals surface area contributed by atoms with Crippen LogP contribution in [0.25, 0.3) is 0 Å². The highest BCUT2D eigenvalue weighted by atomic mass is 32.1. The van der Waals surface area contributed by atoms with Crippen molar-refractivity contribution in [3.63, 3.8) is 0 Å². The quantitative estimate of drug-likeness (QED) is 0.575. The molecule has 1 heterocycles. The van der Waals surface area contributed by atoms with Crippen molar-refractivity contribution in [2.24, 2.45) is 0 Å². The molecule has 1 aromatic heterocycles. The fourth-order valence-corrected chi connectivity index (χ4v) is 2.17. The molecule has 0 atom stereocenters. The number of hydrogen-bond donors (Lipinski definition) is 0. The number of Topliss-reactive ketones (excluding diaryl/α,β-unsaturated/α-hetero) is 1. The molecule has 2 rings (SSSR count). The summed E-state index contributed by atoms with van der Waals surface area (Å²) in [7, 11) is 0. The monoisotopic (exact) mass is 164 g/mol. The fourth-order valence-electron chi connectivity index (χ4n) is 1.23. The summed E-state index contributed by atoms with van der Waals surface area (Å²) in [6.07, 6.45) is 2.92. The molecular weight excluding hydrogens is 156 g/mol. The van der Waals surface area contributed by atoms with Crippen LogP contribution in [0.5, 0.6) is 0 Å². The van der Waals surface area contributed by atoms with Gasteiger partial charge in [0, 0.05) is 0 Å². The molecule has 0 amide bonds. The molecule has 0 N–H and O–H groups in total. The molecule has 0 fully saturated rings. The molecule has 0 saturated carbocycles. The standard InChI is InChI=1S/C9H8OS/c1-6-2-3-7-4-5-11-9(7)8(6)10/h2,4-5H,3H2,1H3. The van der Waals surface area contributed by atoms with E-state index in [2.05, 4.69) is 0 Å². The van der Waals surface area contributed by atoms with Crippen molar-refractivity contribution in [3.8, 4) is 0 Å². The predicted molar refractivity (Wildman–Crippen MR) is 46.1 cm³/mol. The van der Waals surface area contributed by atoms with Crippen LogP contribution >= 0.6 is 11.3 Å². The summed E-state index contributed by atoms with van der Waals surface area (Å²) >= 11 is 1.55. The molecule has 1 aromatic rings. The third-order valence-corrected chi connectivity index (χ3v) is 2.89. The lowest BCUT2D eigenvalue weighted by Gasteiger charge is -2.07. The molecule has 1 aliphatic carbocycles. The average Bonchev–Trinajstić information content (AvgIpc) is 2.45. The normalized spacial score (nSPS) is 16.1. The number of rotatable bonds is 0. The van der Waals surface area contributed by atoms with E-state index in [1.165, 1.54) is 5.56 Å². The Labute approximate surface area is 69.4 Å². The van der Waals surface area contributed by atoms with E-state index in [9.17, 15) is 4.79 Å². The summed E-state index contributed by atoms with van der Waals surface area (Å²) in [6, 6.07) is 2.03. The largest absolute Gasteiger partial charge is 0.288 e. The number of hydrogen-bond acceptors (Lipinski definition) is 2. The molecule has 0 saturated heterocycles. The Morgan fingerprint density at radius 3 is 3.18 bits per heavy atom. The van der Waals surface area contributed by atoms with Crippen LogP contribution < -0.4 is 0 Å². The van der Waals surface area contributed by atoms with Crippen molar-refractivity contribution < 1.29 is 4.79 Å². The number of carbonyl (C=O) groups excluding carboxylic acids is 1. The van der Waals surface area contributed by atoms with Gasteiger partial charge < -0.3 is 0 Å². The first-order valence-corrected chi connectivity index (χ1v) is 4.45. The Hall–Kier alpha value is -0.890. The second-order valence-corrected chi connectivity index (χ2v) is 3.61. The van der Waals surface area contributed by atoms with Gasteiger partial charge in [-0.05, 0) is 35.9 Å². The van der Waals surface area contributed by atoms with Gasteiger partial charge in [-0.15, -0.1) is 11.3 Å². The van der Waals surface area contributed by atoms with Crippen LogP contribution in [0, 0.1) is 0 Å². The van der Waals surface area contributed by atoms with Crippen molar-refractivity contribution in [1.82, 2.24) is 0 Å². The lowest BCUT2D eigenvalue weighted by atomic mass is 9.99. The molecule has 11 heavy (non-hydrogen) atoms. The van der Waals surface area contributed by atoms with Gasteiger partial charge in [-0.2, -0.15) is 0 Å². The van der Waals surface area contributed by atoms with Crippen LogP contribution in [-0.2, 0) is 6.42 Å². The number of ketones is 1. The Morgan fingerprint density at radius 2 is 2.36 bits per heavy atom. The van der Waals surface area contributed by atoms with Gasteiger partial charge in [0.25, 0.3) is 0 Å². The summed E-state index contributed by atoms with van der Waals surface area (Å²) in [5.74, 6) is 0.209. The zero-order chi connectivity index (χ0) is 7.84. The molecule has 1 aliphatic rings. The molecule has 2 heteroatoms. The summed E-state index contributed by atoms with van der Waals surface area (Å²) in [4.78, 5) is 12.4. The van der Waals surface area contributed by atoms with Crippen molar-refractivity contribution in [2.75, 3.05) is 0 Å². The second kappa shape index (κ2) is 2.31. The van der Waals surface area contributed by atoms with Crippen LogP contribution in [0.15, 0.2) is 23.1 Å². The first kappa shape index (κ1) is 6.80. The molecule has 0 aromatic carbocycles. The first-order chi connectivity index (χ1) is 5.29. The van der Waals surface area contributed by atoms with Crippen LogP contribution in [0.3, 0.4) is 0 Å². The third-order valence-electron chi connectivity index (χ3n) is 1.94. The number of carbonyl (C=O) groups is 1. The summed E-state index contributed by atoms with van der Waals surface area (Å²) in [5, 5.41) is 1.98. The van der Waals surface area contributed by atoms with Crippen LogP contribution in [0.2, 0.25) is 0 Å². The van der Waals surface area contributed by atoms with E-state index in [4.69, 9.17) is 0 Å². The van der Waals surface area contributed by atoms with E-state index < -0.39 is 0 Å². The van der Waals surface area contributed by atoms with Crippen LogP contribution in [-0.4, -0.2) is 5.78 Å². The van der Waals surface area contributed by atoms with E-state index in [0.717, 1.165) is 16.9 Å². The highest BCUT2D eigenvalue weighted by Gasteiger charge is 2.17. The van der Waals surface area contributed by atoms with Gasteiger partial charge in [-0.3, -0.25) is 4.79 Å². The SMILES string of the molecule is CC1=CCc2ccsc2C1=O. The van der Waals surface area contributed by atoms with Gasteiger partial charge in [0.2, 0.25) is 0 Å². The zero-order valence-corrected chi connectivity index (χ0v) is 7.07. The van der Waals surface area contributed by atoms with Crippen LogP contribution in [0.1, 0.15) is 22.2 Å². The van der Waals surface area contributed by atoms with Crippen molar-refractivity contribution in [3.05, 3.63) is 33.5 Å². The van der Waals surface area contributed by atoms with Crippen molar-refractivity contribution >= 4 is 17.1 Å². The Balaban J connectivity index is 2.55. The predicted octanol–water partition coefficient (Wildman–Crippen LogP) is 2.43. The van der Waals surface area contributed by atoms with Gasteiger partial charge in [0.05, 0.1) is 4.88 Å². The molecule has 0 aliphatic heterocycles. The van der Waals surface area contributed by atoms with Gasteiger partial charge in [-0.1, -0.05) is 6.08 Å². The Kier molecular flexibility index (Phi) is 1.43. The lowest BCUT2D eigenvalue weighted by molar-refractivity contribution is 0.103. The maximum Gasteiger partial charge on any atom is 0.198 e. The maximum absolute atomic E-state index is 11.4. The maximum atomic E-state index is 11.4. The summed E-state index contributed by atoms with van der Waals surface area (Å²) < 4.78 is 0. The Morgan fingerprint density at radius 1 is 1.55 bits per heavy atom. The van der Waals surface area contributed by atoms with Gasteiger partial charge in [0.1, 0.15) is 0 Å². The van der Waals surface area contributed by atoms with Gasteiger partial charge in [0.15, 0.2) is 5.78 Å². The minimum Gasteiger partial charge on any atom is -0.288 e. The minimum atomic E-state index is 0.209. The van der Waals surface area contributed by atoms with E-state index in [0.29, 0.717) is 0 Å². The molecule has 0 bridgehead atoms. The lowest BCUT2D eigenvalue weighted by Crippen LogP contribution is -2.06. The third kappa shape index (κ3) is 0.942.